The van der Waals surface area contributed by atoms with Crippen LogP contribution < -0.4 is 5.32 Å². The van der Waals surface area contributed by atoms with E-state index in [9.17, 15) is 0 Å². The van der Waals surface area contributed by atoms with Crippen molar-refractivity contribution in [1.82, 2.24) is 4.98 Å². The van der Waals surface area contributed by atoms with Crippen molar-refractivity contribution >= 4 is 21.6 Å². The Labute approximate surface area is 98.7 Å². The monoisotopic (exact) mass is 270 g/mol. The zero-order chi connectivity index (χ0) is 11.1. The van der Waals surface area contributed by atoms with Crippen LogP contribution in [-0.4, -0.2) is 24.7 Å². The maximum absolute atomic E-state index is 5.36. The number of ether oxygens (including phenoxy) is 1. The van der Waals surface area contributed by atoms with Crippen LogP contribution in [0.1, 0.15) is 6.92 Å². The quantitative estimate of drug-likeness (QED) is 0.638. The highest BCUT2D eigenvalue weighted by atomic mass is 79.9. The molecule has 1 aromatic heterocycles. The average Bonchev–Trinajstić information content (AvgIpc) is 2.20. The third-order valence-corrected chi connectivity index (χ3v) is 2.31. The van der Waals surface area contributed by atoms with Crippen molar-refractivity contribution in [3.63, 3.8) is 0 Å². The number of hydrogen-bond donors (Lipinski definition) is 1. The Bertz CT molecular complexity index is 328. The Hall–Kier alpha value is -0.870. The Morgan fingerprint density at radius 3 is 3.13 bits per heavy atom. The largest absolute Gasteiger partial charge is 0.382 e. The standard InChI is InChI=1S/C11H15BrN2O/c1-9(2)8-15-6-5-14-11-3-4-13-7-10(11)12/h3-4,7H,1,5-6,8H2,2H3,(H,13,14). The molecule has 0 aliphatic heterocycles. The van der Waals surface area contributed by atoms with Gasteiger partial charge in [-0.05, 0) is 28.9 Å². The predicted octanol–water partition coefficient (Wildman–Crippen LogP) is 2.85. The molecule has 0 aromatic carbocycles. The molecule has 1 rings (SSSR count). The van der Waals surface area contributed by atoms with Gasteiger partial charge in [-0.2, -0.15) is 0 Å². The summed E-state index contributed by atoms with van der Waals surface area (Å²) in [6.07, 6.45) is 3.51. The van der Waals surface area contributed by atoms with Gasteiger partial charge in [-0.3, -0.25) is 4.98 Å². The van der Waals surface area contributed by atoms with Gasteiger partial charge in [0.2, 0.25) is 0 Å². The lowest BCUT2D eigenvalue weighted by Gasteiger charge is -2.08. The second-order valence-corrected chi connectivity index (χ2v) is 4.15. The number of pyridine rings is 1. The number of hydrogen-bond acceptors (Lipinski definition) is 3. The molecule has 0 saturated carbocycles. The van der Waals surface area contributed by atoms with Gasteiger partial charge in [-0.15, -0.1) is 0 Å². The zero-order valence-electron chi connectivity index (χ0n) is 8.79. The van der Waals surface area contributed by atoms with Gasteiger partial charge in [-0.1, -0.05) is 12.2 Å². The summed E-state index contributed by atoms with van der Waals surface area (Å²) in [5.74, 6) is 0. The average molecular weight is 271 g/mol. The minimum Gasteiger partial charge on any atom is -0.382 e. The molecule has 0 aliphatic rings. The summed E-state index contributed by atoms with van der Waals surface area (Å²) in [6.45, 7) is 7.78. The van der Waals surface area contributed by atoms with Crippen molar-refractivity contribution in [1.29, 1.82) is 0 Å². The van der Waals surface area contributed by atoms with Crippen molar-refractivity contribution in [2.24, 2.45) is 0 Å². The highest BCUT2D eigenvalue weighted by Gasteiger charge is 1.96. The van der Waals surface area contributed by atoms with E-state index >= 15 is 0 Å². The van der Waals surface area contributed by atoms with E-state index in [0.717, 1.165) is 22.3 Å². The molecule has 1 N–H and O–H groups in total. The maximum Gasteiger partial charge on any atom is 0.0672 e. The van der Waals surface area contributed by atoms with E-state index in [0.29, 0.717) is 13.2 Å². The highest BCUT2D eigenvalue weighted by molar-refractivity contribution is 9.10. The molecule has 4 heteroatoms. The maximum atomic E-state index is 5.36. The first-order valence-electron chi connectivity index (χ1n) is 4.75. The van der Waals surface area contributed by atoms with Gasteiger partial charge in [0.15, 0.2) is 0 Å². The Balaban J connectivity index is 2.21. The number of anilines is 1. The van der Waals surface area contributed by atoms with E-state index in [4.69, 9.17) is 4.74 Å². The van der Waals surface area contributed by atoms with Crippen LogP contribution in [0, 0.1) is 0 Å². The molecule has 0 radical (unpaired) electrons. The summed E-state index contributed by atoms with van der Waals surface area (Å²) in [4.78, 5) is 3.98. The van der Waals surface area contributed by atoms with Gasteiger partial charge < -0.3 is 10.1 Å². The number of nitrogens with one attached hydrogen (secondary N) is 1. The van der Waals surface area contributed by atoms with Gasteiger partial charge in [0, 0.05) is 18.9 Å². The van der Waals surface area contributed by atoms with E-state index < -0.39 is 0 Å². The third kappa shape index (κ3) is 4.95. The van der Waals surface area contributed by atoms with Crippen molar-refractivity contribution < 1.29 is 4.74 Å². The SMILES string of the molecule is C=C(C)COCCNc1ccncc1Br. The van der Waals surface area contributed by atoms with Crippen molar-refractivity contribution in [3.05, 3.63) is 35.1 Å². The number of rotatable bonds is 6. The lowest BCUT2D eigenvalue weighted by molar-refractivity contribution is 0.167. The Morgan fingerprint density at radius 1 is 1.67 bits per heavy atom. The van der Waals surface area contributed by atoms with Crippen molar-refractivity contribution in [2.45, 2.75) is 6.92 Å². The Kier molecular flexibility index (Phi) is 5.36. The second-order valence-electron chi connectivity index (χ2n) is 3.29. The lowest BCUT2D eigenvalue weighted by atomic mass is 10.4. The fourth-order valence-electron chi connectivity index (χ4n) is 1.02. The topological polar surface area (TPSA) is 34.1 Å². The third-order valence-electron chi connectivity index (χ3n) is 1.68. The number of aromatic nitrogens is 1. The first kappa shape index (κ1) is 12.2. The van der Waals surface area contributed by atoms with Gasteiger partial charge in [0.25, 0.3) is 0 Å². The molecule has 0 unspecified atom stereocenters. The van der Waals surface area contributed by atoms with E-state index in [1.807, 2.05) is 13.0 Å². The smallest absolute Gasteiger partial charge is 0.0672 e. The predicted molar refractivity (Wildman–Crippen MR) is 66.1 cm³/mol. The summed E-state index contributed by atoms with van der Waals surface area (Å²) >= 11 is 3.41. The zero-order valence-corrected chi connectivity index (χ0v) is 10.4. The van der Waals surface area contributed by atoms with Crippen LogP contribution in [-0.2, 0) is 4.74 Å². The first-order valence-corrected chi connectivity index (χ1v) is 5.55. The fraction of sp³-hybridized carbons (Fsp3) is 0.364. The molecular weight excluding hydrogens is 256 g/mol. The fourth-order valence-corrected chi connectivity index (χ4v) is 1.41. The van der Waals surface area contributed by atoms with Crippen LogP contribution in [0.4, 0.5) is 5.69 Å². The lowest BCUT2D eigenvalue weighted by Crippen LogP contribution is -2.10. The summed E-state index contributed by atoms with van der Waals surface area (Å²) in [5, 5.41) is 3.25. The molecule has 0 spiro atoms. The van der Waals surface area contributed by atoms with E-state index in [2.05, 4.69) is 32.8 Å². The minimum atomic E-state index is 0.624. The summed E-state index contributed by atoms with van der Waals surface area (Å²) in [5.41, 5.74) is 2.07. The molecule has 0 amide bonds. The summed E-state index contributed by atoms with van der Waals surface area (Å²) in [6, 6.07) is 1.92. The van der Waals surface area contributed by atoms with Crippen LogP contribution in [0.3, 0.4) is 0 Å². The molecule has 1 aromatic rings. The van der Waals surface area contributed by atoms with E-state index in [1.54, 1.807) is 12.4 Å². The molecule has 1 heterocycles. The summed E-state index contributed by atoms with van der Waals surface area (Å²) < 4.78 is 6.33. The molecule has 0 saturated heterocycles. The van der Waals surface area contributed by atoms with Gasteiger partial charge in [0.1, 0.15) is 0 Å². The Morgan fingerprint density at radius 2 is 2.47 bits per heavy atom. The van der Waals surface area contributed by atoms with Crippen LogP contribution in [0.2, 0.25) is 0 Å². The molecule has 82 valence electrons. The van der Waals surface area contributed by atoms with E-state index in [-0.39, 0.29) is 0 Å². The molecule has 15 heavy (non-hydrogen) atoms. The highest BCUT2D eigenvalue weighted by Crippen LogP contribution is 2.19. The number of halogens is 1. The first-order chi connectivity index (χ1) is 7.20. The van der Waals surface area contributed by atoms with Crippen LogP contribution in [0.25, 0.3) is 0 Å². The molecule has 0 bridgehead atoms. The van der Waals surface area contributed by atoms with Crippen molar-refractivity contribution in [3.8, 4) is 0 Å². The number of nitrogens with zero attached hydrogens (tertiary/aromatic N) is 1. The molecule has 0 atom stereocenters. The molecule has 0 aliphatic carbocycles. The van der Waals surface area contributed by atoms with Crippen molar-refractivity contribution in [2.75, 3.05) is 25.1 Å². The molecule has 3 nitrogen and oxygen atoms in total. The second kappa shape index (κ2) is 6.58. The van der Waals surface area contributed by atoms with Crippen LogP contribution >= 0.6 is 15.9 Å². The van der Waals surface area contributed by atoms with Gasteiger partial charge in [0.05, 0.1) is 23.4 Å². The molecule has 0 fully saturated rings. The van der Waals surface area contributed by atoms with Crippen LogP contribution in [0.15, 0.2) is 35.1 Å². The van der Waals surface area contributed by atoms with Crippen LogP contribution in [0.5, 0.6) is 0 Å². The van der Waals surface area contributed by atoms with E-state index in [1.165, 1.54) is 0 Å². The summed E-state index contributed by atoms with van der Waals surface area (Å²) in [7, 11) is 0. The van der Waals surface area contributed by atoms with Gasteiger partial charge >= 0.3 is 0 Å². The normalized spacial score (nSPS) is 10.0. The molecular formula is C11H15BrN2O. The minimum absolute atomic E-state index is 0.624. The van der Waals surface area contributed by atoms with Gasteiger partial charge in [-0.25, -0.2) is 0 Å².